The number of halogens is 2. The van der Waals surface area contributed by atoms with E-state index in [0.717, 1.165) is 15.6 Å². The number of nitrogens with zero attached hydrogens (tertiary/aromatic N) is 1. The maximum absolute atomic E-state index is 5.68. The molecule has 0 N–H and O–H groups in total. The molecule has 0 saturated carbocycles. The van der Waals surface area contributed by atoms with Gasteiger partial charge in [0.05, 0.1) is 0 Å². The second-order valence-corrected chi connectivity index (χ2v) is 4.74. The van der Waals surface area contributed by atoms with Crippen LogP contribution in [0.25, 0.3) is 0 Å². The SMILES string of the molecule is ClCc1ccc(OCc2cccc(Br)c2)nc1. The lowest BCUT2D eigenvalue weighted by Crippen LogP contribution is -1.97. The van der Waals surface area contributed by atoms with Crippen molar-refractivity contribution in [1.29, 1.82) is 0 Å². The first-order valence-corrected chi connectivity index (χ1v) is 6.49. The first-order valence-electron chi connectivity index (χ1n) is 5.16. The summed E-state index contributed by atoms with van der Waals surface area (Å²) in [6, 6.07) is 11.7. The van der Waals surface area contributed by atoms with Crippen molar-refractivity contribution in [2.24, 2.45) is 0 Å². The standard InChI is InChI=1S/C13H11BrClNO/c14-12-3-1-2-10(6-12)9-17-13-5-4-11(7-15)8-16-13/h1-6,8H,7,9H2. The van der Waals surface area contributed by atoms with Crippen molar-refractivity contribution in [2.45, 2.75) is 12.5 Å². The van der Waals surface area contributed by atoms with Gasteiger partial charge in [-0.05, 0) is 23.3 Å². The highest BCUT2D eigenvalue weighted by molar-refractivity contribution is 9.10. The maximum atomic E-state index is 5.68. The van der Waals surface area contributed by atoms with Gasteiger partial charge in [-0.3, -0.25) is 0 Å². The Morgan fingerprint density at radius 2 is 2.06 bits per heavy atom. The Kier molecular flexibility index (Phi) is 4.40. The van der Waals surface area contributed by atoms with Gasteiger partial charge in [0.2, 0.25) is 5.88 Å². The molecule has 88 valence electrons. The number of hydrogen-bond acceptors (Lipinski definition) is 2. The Hall–Kier alpha value is -1.06. The van der Waals surface area contributed by atoms with Crippen LogP contribution in [-0.2, 0) is 12.5 Å². The molecule has 0 unspecified atom stereocenters. The molecular formula is C13H11BrClNO. The summed E-state index contributed by atoms with van der Waals surface area (Å²) in [5, 5.41) is 0. The highest BCUT2D eigenvalue weighted by Gasteiger charge is 1.98. The van der Waals surface area contributed by atoms with E-state index >= 15 is 0 Å². The zero-order valence-corrected chi connectivity index (χ0v) is 11.4. The fourth-order valence-corrected chi connectivity index (χ4v) is 1.96. The molecule has 0 saturated heterocycles. The fourth-order valence-electron chi connectivity index (χ4n) is 1.36. The number of alkyl halides is 1. The Balaban J connectivity index is 1.97. The molecule has 1 aromatic heterocycles. The van der Waals surface area contributed by atoms with Gasteiger partial charge in [-0.2, -0.15) is 0 Å². The summed E-state index contributed by atoms with van der Waals surface area (Å²) in [6.07, 6.45) is 1.73. The van der Waals surface area contributed by atoms with Crippen molar-refractivity contribution >= 4 is 27.5 Å². The second kappa shape index (κ2) is 6.03. The highest BCUT2D eigenvalue weighted by atomic mass is 79.9. The molecule has 0 aliphatic carbocycles. The van der Waals surface area contributed by atoms with Crippen molar-refractivity contribution in [2.75, 3.05) is 0 Å². The van der Waals surface area contributed by atoms with Gasteiger partial charge in [0.25, 0.3) is 0 Å². The third-order valence-corrected chi connectivity index (χ3v) is 3.03. The summed E-state index contributed by atoms with van der Waals surface area (Å²) >= 11 is 9.11. The largest absolute Gasteiger partial charge is 0.473 e. The molecular weight excluding hydrogens is 302 g/mol. The predicted octanol–water partition coefficient (Wildman–Crippen LogP) is 4.16. The number of benzene rings is 1. The monoisotopic (exact) mass is 311 g/mol. The Morgan fingerprint density at radius 1 is 1.18 bits per heavy atom. The van der Waals surface area contributed by atoms with Gasteiger partial charge >= 0.3 is 0 Å². The summed E-state index contributed by atoms with van der Waals surface area (Å²) in [5.41, 5.74) is 2.09. The molecule has 1 aromatic carbocycles. The van der Waals surface area contributed by atoms with Crippen LogP contribution in [0.2, 0.25) is 0 Å². The van der Waals surface area contributed by atoms with Crippen molar-refractivity contribution in [1.82, 2.24) is 4.98 Å². The van der Waals surface area contributed by atoms with E-state index in [1.54, 1.807) is 6.20 Å². The van der Waals surface area contributed by atoms with Crippen LogP contribution in [0, 0.1) is 0 Å². The minimum atomic E-state index is 0.471. The van der Waals surface area contributed by atoms with Crippen LogP contribution in [0.5, 0.6) is 5.88 Å². The molecule has 0 amide bonds. The normalized spacial score (nSPS) is 10.2. The molecule has 0 atom stereocenters. The lowest BCUT2D eigenvalue weighted by molar-refractivity contribution is 0.293. The third kappa shape index (κ3) is 3.72. The van der Waals surface area contributed by atoms with Crippen molar-refractivity contribution in [3.8, 4) is 5.88 Å². The van der Waals surface area contributed by atoms with Crippen LogP contribution < -0.4 is 4.74 Å². The topological polar surface area (TPSA) is 22.1 Å². The first-order chi connectivity index (χ1) is 8.28. The molecule has 0 bridgehead atoms. The van der Waals surface area contributed by atoms with Gasteiger partial charge in [0.1, 0.15) is 6.61 Å². The Labute approximate surface area is 114 Å². The zero-order valence-electron chi connectivity index (χ0n) is 9.07. The third-order valence-electron chi connectivity index (χ3n) is 2.23. The van der Waals surface area contributed by atoms with Gasteiger partial charge in [-0.15, -0.1) is 11.6 Å². The van der Waals surface area contributed by atoms with E-state index in [0.29, 0.717) is 18.4 Å². The smallest absolute Gasteiger partial charge is 0.213 e. The van der Waals surface area contributed by atoms with E-state index in [4.69, 9.17) is 16.3 Å². The number of ether oxygens (including phenoxy) is 1. The van der Waals surface area contributed by atoms with E-state index in [2.05, 4.69) is 20.9 Å². The van der Waals surface area contributed by atoms with Crippen LogP contribution in [0.1, 0.15) is 11.1 Å². The quantitative estimate of drug-likeness (QED) is 0.791. The van der Waals surface area contributed by atoms with Gasteiger partial charge in [0, 0.05) is 22.6 Å². The molecule has 1 heterocycles. The number of rotatable bonds is 4. The molecule has 0 radical (unpaired) electrons. The molecule has 0 aliphatic heterocycles. The molecule has 0 fully saturated rings. The van der Waals surface area contributed by atoms with Gasteiger partial charge in [-0.25, -0.2) is 4.98 Å². The zero-order chi connectivity index (χ0) is 12.1. The minimum Gasteiger partial charge on any atom is -0.473 e. The Morgan fingerprint density at radius 3 is 2.71 bits per heavy atom. The molecule has 2 nitrogen and oxygen atoms in total. The molecule has 0 spiro atoms. The number of aromatic nitrogens is 1. The second-order valence-electron chi connectivity index (χ2n) is 3.56. The molecule has 2 rings (SSSR count). The van der Waals surface area contributed by atoms with E-state index in [-0.39, 0.29) is 0 Å². The lowest BCUT2D eigenvalue weighted by atomic mass is 10.2. The summed E-state index contributed by atoms with van der Waals surface area (Å²) in [7, 11) is 0. The molecule has 0 aliphatic rings. The van der Waals surface area contributed by atoms with Crippen LogP contribution in [0.3, 0.4) is 0 Å². The van der Waals surface area contributed by atoms with Gasteiger partial charge in [-0.1, -0.05) is 34.1 Å². The molecule has 4 heteroatoms. The first kappa shape index (κ1) is 12.4. The number of hydrogen-bond donors (Lipinski definition) is 0. The summed E-state index contributed by atoms with van der Waals surface area (Å²) < 4.78 is 6.62. The number of pyridine rings is 1. The summed E-state index contributed by atoms with van der Waals surface area (Å²) in [4.78, 5) is 4.17. The van der Waals surface area contributed by atoms with Crippen molar-refractivity contribution in [3.05, 3.63) is 58.2 Å². The molecule has 2 aromatic rings. The van der Waals surface area contributed by atoms with E-state index in [1.165, 1.54) is 0 Å². The maximum Gasteiger partial charge on any atom is 0.213 e. The van der Waals surface area contributed by atoms with Crippen molar-refractivity contribution in [3.63, 3.8) is 0 Å². The van der Waals surface area contributed by atoms with Crippen molar-refractivity contribution < 1.29 is 4.74 Å². The Bertz CT molecular complexity index is 487. The lowest BCUT2D eigenvalue weighted by Gasteiger charge is -2.05. The van der Waals surface area contributed by atoms with E-state index < -0.39 is 0 Å². The molecule has 17 heavy (non-hydrogen) atoms. The van der Waals surface area contributed by atoms with Gasteiger partial charge < -0.3 is 4.74 Å². The average Bonchev–Trinajstić information content (AvgIpc) is 2.37. The average molecular weight is 313 g/mol. The summed E-state index contributed by atoms with van der Waals surface area (Å²) in [6.45, 7) is 0.507. The van der Waals surface area contributed by atoms with E-state index in [9.17, 15) is 0 Å². The van der Waals surface area contributed by atoms with Crippen LogP contribution in [-0.4, -0.2) is 4.98 Å². The van der Waals surface area contributed by atoms with Crippen LogP contribution in [0.15, 0.2) is 47.1 Å². The highest BCUT2D eigenvalue weighted by Crippen LogP contribution is 2.14. The van der Waals surface area contributed by atoms with E-state index in [1.807, 2.05) is 36.4 Å². The minimum absolute atomic E-state index is 0.471. The fraction of sp³-hybridized carbons (Fsp3) is 0.154. The predicted molar refractivity (Wildman–Crippen MR) is 72.3 cm³/mol. The van der Waals surface area contributed by atoms with Crippen LogP contribution >= 0.6 is 27.5 Å². The summed E-state index contributed by atoms with van der Waals surface area (Å²) in [5.74, 6) is 1.08. The van der Waals surface area contributed by atoms with Crippen LogP contribution in [0.4, 0.5) is 0 Å². The van der Waals surface area contributed by atoms with Gasteiger partial charge in [0.15, 0.2) is 0 Å².